The number of aromatic nitrogens is 2. The Bertz CT molecular complexity index is 1210. The molecule has 1 aliphatic rings. The van der Waals surface area contributed by atoms with Gasteiger partial charge in [0.2, 0.25) is 11.6 Å². The Balaban J connectivity index is 2.13. The summed E-state index contributed by atoms with van der Waals surface area (Å²) in [5, 5.41) is 9.51. The van der Waals surface area contributed by atoms with Crippen molar-refractivity contribution >= 4 is 23.4 Å². The highest BCUT2D eigenvalue weighted by atomic mass is 32.2. The minimum absolute atomic E-state index is 0.0244. The van der Waals surface area contributed by atoms with Crippen LogP contribution in [0.4, 0.5) is 23.2 Å². The number of rotatable bonds is 7. The predicted molar refractivity (Wildman–Crippen MR) is 133 cm³/mol. The van der Waals surface area contributed by atoms with Crippen LogP contribution in [0.3, 0.4) is 0 Å². The highest BCUT2D eigenvalue weighted by molar-refractivity contribution is 7.99. The SMILES string of the molecule is C=C[C@@](F)(CN1C(=O)CCC(C)c2cc(-c3ncc(C(C)(C)C#N)cc3SCC)ncc21)C(F)(F)F. The fourth-order valence-corrected chi connectivity index (χ4v) is 4.78. The molecular formula is C26H28F4N4OS. The van der Waals surface area contributed by atoms with Crippen molar-refractivity contribution in [1.29, 1.82) is 5.26 Å². The Morgan fingerprint density at radius 3 is 2.53 bits per heavy atom. The first-order chi connectivity index (χ1) is 16.8. The number of carbonyl (C=O) groups is 1. The van der Waals surface area contributed by atoms with Crippen LogP contribution in [-0.4, -0.2) is 40.0 Å². The Kier molecular flexibility index (Phi) is 7.84. The van der Waals surface area contributed by atoms with Gasteiger partial charge in [0.25, 0.3) is 0 Å². The maximum Gasteiger partial charge on any atom is 0.427 e. The van der Waals surface area contributed by atoms with E-state index in [1.54, 1.807) is 26.1 Å². The first-order valence-corrected chi connectivity index (χ1v) is 12.5. The molecule has 0 saturated carbocycles. The Labute approximate surface area is 212 Å². The number of alkyl halides is 4. The molecule has 0 N–H and O–H groups in total. The maximum absolute atomic E-state index is 14.9. The first-order valence-electron chi connectivity index (χ1n) is 11.5. The van der Waals surface area contributed by atoms with E-state index in [2.05, 4.69) is 22.6 Å². The average molecular weight is 521 g/mol. The number of pyridine rings is 2. The van der Waals surface area contributed by atoms with E-state index < -0.39 is 29.7 Å². The second-order valence-corrected chi connectivity index (χ2v) is 10.7. The number of nitriles is 1. The summed E-state index contributed by atoms with van der Waals surface area (Å²) < 4.78 is 55.2. The molecule has 1 amide bonds. The zero-order valence-corrected chi connectivity index (χ0v) is 21.4. The number of thioether (sulfide) groups is 1. The minimum Gasteiger partial charge on any atom is -0.307 e. The van der Waals surface area contributed by atoms with Gasteiger partial charge < -0.3 is 4.90 Å². The van der Waals surface area contributed by atoms with E-state index in [1.165, 1.54) is 18.0 Å². The van der Waals surface area contributed by atoms with Gasteiger partial charge in [-0.05, 0) is 61.3 Å². The number of fused-ring (bicyclic) bond motifs is 1. The molecule has 0 aliphatic carbocycles. The van der Waals surface area contributed by atoms with E-state index in [0.717, 1.165) is 21.1 Å². The van der Waals surface area contributed by atoms with Crippen LogP contribution in [0, 0.1) is 11.3 Å². The lowest BCUT2D eigenvalue weighted by Crippen LogP contribution is -2.50. The van der Waals surface area contributed by atoms with Gasteiger partial charge in [-0.15, -0.1) is 11.8 Å². The molecule has 0 aromatic carbocycles. The molecule has 0 radical (unpaired) electrons. The third kappa shape index (κ3) is 5.26. The number of hydrogen-bond acceptors (Lipinski definition) is 5. The monoisotopic (exact) mass is 520 g/mol. The summed E-state index contributed by atoms with van der Waals surface area (Å²) in [7, 11) is 0. The van der Waals surface area contributed by atoms with Gasteiger partial charge in [-0.1, -0.05) is 20.4 Å². The number of nitrogens with zero attached hydrogens (tertiary/aromatic N) is 4. The molecule has 192 valence electrons. The van der Waals surface area contributed by atoms with E-state index in [-0.39, 0.29) is 24.1 Å². The lowest BCUT2D eigenvalue weighted by atomic mass is 9.87. The van der Waals surface area contributed by atoms with E-state index in [4.69, 9.17) is 0 Å². The maximum atomic E-state index is 14.9. The van der Waals surface area contributed by atoms with Crippen LogP contribution < -0.4 is 4.90 Å². The third-order valence-corrected chi connectivity index (χ3v) is 7.32. The number of anilines is 1. The predicted octanol–water partition coefficient (Wildman–Crippen LogP) is 6.74. The number of amides is 1. The normalized spacial score (nSPS) is 18.1. The van der Waals surface area contributed by atoms with Crippen molar-refractivity contribution in [3.05, 3.63) is 48.3 Å². The molecule has 1 unspecified atom stereocenters. The highest BCUT2D eigenvalue weighted by Crippen LogP contribution is 2.42. The molecule has 5 nitrogen and oxygen atoms in total. The molecule has 2 atom stereocenters. The molecule has 2 aromatic rings. The van der Waals surface area contributed by atoms with Crippen molar-refractivity contribution in [2.45, 2.75) is 68.6 Å². The quantitative estimate of drug-likeness (QED) is 0.230. The lowest BCUT2D eigenvalue weighted by Gasteiger charge is -2.32. The van der Waals surface area contributed by atoms with Crippen molar-refractivity contribution < 1.29 is 22.4 Å². The Morgan fingerprint density at radius 2 is 1.94 bits per heavy atom. The van der Waals surface area contributed by atoms with E-state index >= 15 is 0 Å². The fourth-order valence-electron chi connectivity index (χ4n) is 3.96. The van der Waals surface area contributed by atoms with Crippen LogP contribution in [0.2, 0.25) is 0 Å². The van der Waals surface area contributed by atoms with Crippen LogP contribution in [0.25, 0.3) is 11.4 Å². The highest BCUT2D eigenvalue weighted by Gasteiger charge is 2.55. The molecule has 3 rings (SSSR count). The van der Waals surface area contributed by atoms with E-state index in [0.29, 0.717) is 23.4 Å². The van der Waals surface area contributed by atoms with Gasteiger partial charge in [-0.25, -0.2) is 4.39 Å². The smallest absolute Gasteiger partial charge is 0.307 e. The molecule has 0 spiro atoms. The van der Waals surface area contributed by atoms with Crippen LogP contribution in [0.5, 0.6) is 0 Å². The summed E-state index contributed by atoms with van der Waals surface area (Å²) in [5.74, 6) is -0.0445. The minimum atomic E-state index is -5.23. The van der Waals surface area contributed by atoms with Gasteiger partial charge >= 0.3 is 6.18 Å². The van der Waals surface area contributed by atoms with Gasteiger partial charge in [-0.3, -0.25) is 14.8 Å². The molecule has 36 heavy (non-hydrogen) atoms. The number of carbonyl (C=O) groups excluding carboxylic acids is 1. The second-order valence-electron chi connectivity index (χ2n) is 9.35. The summed E-state index contributed by atoms with van der Waals surface area (Å²) >= 11 is 1.53. The lowest BCUT2D eigenvalue weighted by molar-refractivity contribution is -0.208. The van der Waals surface area contributed by atoms with Crippen LogP contribution >= 0.6 is 11.8 Å². The Morgan fingerprint density at radius 1 is 1.25 bits per heavy atom. The molecule has 3 heterocycles. The van der Waals surface area contributed by atoms with Crippen molar-refractivity contribution in [2.24, 2.45) is 0 Å². The fraction of sp³-hybridized carbons (Fsp3) is 0.462. The summed E-state index contributed by atoms with van der Waals surface area (Å²) in [4.78, 5) is 23.4. The Hall–Kier alpha value is -2.93. The van der Waals surface area contributed by atoms with E-state index in [9.17, 15) is 27.6 Å². The van der Waals surface area contributed by atoms with Crippen LogP contribution in [0.1, 0.15) is 57.6 Å². The molecule has 2 aromatic heterocycles. The largest absolute Gasteiger partial charge is 0.427 e. The van der Waals surface area contributed by atoms with Crippen LogP contribution in [0.15, 0.2) is 42.1 Å². The van der Waals surface area contributed by atoms with Gasteiger partial charge in [0.15, 0.2) is 0 Å². The summed E-state index contributed by atoms with van der Waals surface area (Å²) in [6.45, 7) is 9.23. The summed E-state index contributed by atoms with van der Waals surface area (Å²) in [6.07, 6.45) is -1.72. The van der Waals surface area contributed by atoms with Gasteiger partial charge in [0.1, 0.15) is 5.69 Å². The van der Waals surface area contributed by atoms with E-state index in [1.807, 2.05) is 19.9 Å². The third-order valence-electron chi connectivity index (χ3n) is 6.41. The molecule has 0 saturated heterocycles. The zero-order valence-electron chi connectivity index (χ0n) is 20.6. The summed E-state index contributed by atoms with van der Waals surface area (Å²) in [6, 6.07) is 5.88. The number of halogens is 4. The molecule has 0 fully saturated rings. The standard InChI is InChI=1S/C26H28F4N4OS/c1-6-25(27,26(28,29)30)15-34-20-13-32-19(11-18(20)16(3)8-9-22(34)35)23-21(36-7-2)10-17(12-33-23)24(4,5)14-31/h6,10-13,16H,1,7-9,15H2,2-5H3/t16?,25-/m1/s1. The van der Waals surface area contributed by atoms with Crippen molar-refractivity contribution in [1.82, 2.24) is 9.97 Å². The van der Waals surface area contributed by atoms with Crippen molar-refractivity contribution in [3.8, 4) is 17.5 Å². The first kappa shape index (κ1) is 27.7. The zero-order chi connectivity index (χ0) is 26.9. The number of hydrogen-bond donors (Lipinski definition) is 0. The van der Waals surface area contributed by atoms with Crippen molar-refractivity contribution in [3.63, 3.8) is 0 Å². The molecule has 0 bridgehead atoms. The summed E-state index contributed by atoms with van der Waals surface area (Å²) in [5.41, 5.74) is -1.96. The average Bonchev–Trinajstić information content (AvgIpc) is 2.95. The van der Waals surface area contributed by atoms with Gasteiger partial charge in [0.05, 0.1) is 35.6 Å². The second kappa shape index (κ2) is 10.2. The molecule has 1 aliphatic heterocycles. The van der Waals surface area contributed by atoms with Crippen molar-refractivity contribution in [2.75, 3.05) is 17.2 Å². The van der Waals surface area contributed by atoms with Crippen LogP contribution in [-0.2, 0) is 10.2 Å². The van der Waals surface area contributed by atoms with Gasteiger partial charge in [0, 0.05) is 17.5 Å². The molecule has 10 heteroatoms. The topological polar surface area (TPSA) is 69.9 Å². The van der Waals surface area contributed by atoms with Gasteiger partial charge in [-0.2, -0.15) is 18.4 Å². The molecular weight excluding hydrogens is 492 g/mol.